The molecule has 0 radical (unpaired) electrons. The summed E-state index contributed by atoms with van der Waals surface area (Å²) in [5, 5.41) is 0. The molecule has 0 spiro atoms. The highest BCUT2D eigenvalue weighted by molar-refractivity contribution is 5.76. The fraction of sp³-hybridized carbons (Fsp3) is 0.550. The molecule has 7 nitrogen and oxygen atoms in total. The lowest BCUT2D eigenvalue weighted by molar-refractivity contribution is -0.132. The lowest BCUT2D eigenvalue weighted by Crippen LogP contribution is -2.39. The van der Waals surface area contributed by atoms with Crippen LogP contribution in [0.15, 0.2) is 35.4 Å². The second kappa shape index (κ2) is 8.99. The fourth-order valence-electron chi connectivity index (χ4n) is 3.72. The van der Waals surface area contributed by atoms with Gasteiger partial charge in [0.25, 0.3) is 5.56 Å². The highest BCUT2D eigenvalue weighted by atomic mass is 16.5. The van der Waals surface area contributed by atoms with Crippen molar-refractivity contribution in [3.05, 3.63) is 52.5 Å². The third kappa shape index (κ3) is 4.66. The molecule has 1 aliphatic rings. The summed E-state index contributed by atoms with van der Waals surface area (Å²) < 4.78 is 8.97. The maximum Gasteiger partial charge on any atom is 0.250 e. The molecule has 1 saturated heterocycles. The van der Waals surface area contributed by atoms with Gasteiger partial charge < -0.3 is 18.8 Å². The molecular formula is C20H28N4O3. The number of nitrogens with zero attached hydrogens (tertiary/aromatic N) is 4. The van der Waals surface area contributed by atoms with Crippen molar-refractivity contribution in [2.45, 2.75) is 45.2 Å². The number of carbonyl (C=O) groups excluding carboxylic acids is 1. The molecule has 0 bridgehead atoms. The molecular weight excluding hydrogens is 344 g/mol. The number of amides is 1. The van der Waals surface area contributed by atoms with Gasteiger partial charge in [0.15, 0.2) is 0 Å². The van der Waals surface area contributed by atoms with Crippen molar-refractivity contribution in [1.82, 2.24) is 19.0 Å². The third-order valence-electron chi connectivity index (χ3n) is 5.31. The van der Waals surface area contributed by atoms with Crippen molar-refractivity contribution in [3.63, 3.8) is 0 Å². The maximum absolute atomic E-state index is 12.6. The summed E-state index contributed by atoms with van der Waals surface area (Å²) >= 11 is 0. The highest BCUT2D eigenvalue weighted by Crippen LogP contribution is 2.27. The topological polar surface area (TPSA) is 69.4 Å². The van der Waals surface area contributed by atoms with Gasteiger partial charge in [-0.1, -0.05) is 6.07 Å². The third-order valence-corrected chi connectivity index (χ3v) is 5.31. The van der Waals surface area contributed by atoms with E-state index in [-0.39, 0.29) is 11.5 Å². The molecule has 27 heavy (non-hydrogen) atoms. The van der Waals surface area contributed by atoms with Crippen LogP contribution in [0.3, 0.4) is 0 Å². The van der Waals surface area contributed by atoms with Gasteiger partial charge in [0.2, 0.25) is 5.91 Å². The molecule has 1 fully saturated rings. The van der Waals surface area contributed by atoms with Crippen LogP contribution >= 0.6 is 0 Å². The minimum atomic E-state index is -0.0515. The van der Waals surface area contributed by atoms with Crippen molar-refractivity contribution < 1.29 is 9.53 Å². The monoisotopic (exact) mass is 372 g/mol. The Hall–Kier alpha value is -2.41. The van der Waals surface area contributed by atoms with Crippen molar-refractivity contribution >= 4 is 5.91 Å². The van der Waals surface area contributed by atoms with Gasteiger partial charge >= 0.3 is 0 Å². The van der Waals surface area contributed by atoms with Gasteiger partial charge in [0.05, 0.1) is 6.61 Å². The summed E-state index contributed by atoms with van der Waals surface area (Å²) in [4.78, 5) is 30.9. The Labute approximate surface area is 159 Å². The van der Waals surface area contributed by atoms with E-state index in [1.165, 1.54) is 6.07 Å². The van der Waals surface area contributed by atoms with Crippen LogP contribution in [-0.4, -0.2) is 51.7 Å². The van der Waals surface area contributed by atoms with Crippen molar-refractivity contribution in [2.75, 3.05) is 26.8 Å². The summed E-state index contributed by atoms with van der Waals surface area (Å²) in [6.07, 6.45) is 6.02. The lowest BCUT2D eigenvalue weighted by Gasteiger charge is -2.32. The van der Waals surface area contributed by atoms with E-state index in [0.717, 1.165) is 44.0 Å². The van der Waals surface area contributed by atoms with E-state index in [4.69, 9.17) is 4.74 Å². The highest BCUT2D eigenvalue weighted by Gasteiger charge is 2.26. The van der Waals surface area contributed by atoms with Gasteiger partial charge in [-0.3, -0.25) is 9.59 Å². The van der Waals surface area contributed by atoms with Crippen LogP contribution in [0.1, 0.15) is 36.7 Å². The van der Waals surface area contributed by atoms with Crippen LogP contribution in [-0.2, 0) is 22.6 Å². The summed E-state index contributed by atoms with van der Waals surface area (Å²) in [6.45, 7) is 5.27. The Morgan fingerprint density at radius 2 is 2.04 bits per heavy atom. The van der Waals surface area contributed by atoms with E-state index < -0.39 is 0 Å². The van der Waals surface area contributed by atoms with E-state index in [0.29, 0.717) is 25.5 Å². The summed E-state index contributed by atoms with van der Waals surface area (Å²) in [6, 6.07) is 5.18. The first-order valence-corrected chi connectivity index (χ1v) is 9.54. The smallest absolute Gasteiger partial charge is 0.250 e. The minimum Gasteiger partial charge on any atom is -0.383 e. The molecule has 0 aromatic carbocycles. The Morgan fingerprint density at radius 3 is 2.74 bits per heavy atom. The van der Waals surface area contributed by atoms with E-state index in [2.05, 4.69) is 9.55 Å². The molecule has 0 N–H and O–H groups in total. The Balaban J connectivity index is 1.52. The molecule has 2 aromatic rings. The van der Waals surface area contributed by atoms with Crippen LogP contribution in [0.4, 0.5) is 0 Å². The van der Waals surface area contributed by atoms with Gasteiger partial charge in [0, 0.05) is 69.8 Å². The molecule has 0 aliphatic carbocycles. The Kier molecular flexibility index (Phi) is 6.45. The number of hydrogen-bond donors (Lipinski definition) is 0. The second-order valence-electron chi connectivity index (χ2n) is 7.03. The summed E-state index contributed by atoms with van der Waals surface area (Å²) in [5.74, 6) is 1.58. The molecule has 0 atom stereocenters. The molecule has 1 aliphatic heterocycles. The van der Waals surface area contributed by atoms with Gasteiger partial charge in [-0.15, -0.1) is 0 Å². The zero-order chi connectivity index (χ0) is 19.2. The number of likely N-dealkylation sites (tertiary alicyclic amines) is 1. The molecule has 146 valence electrons. The molecule has 7 heteroatoms. The number of imidazole rings is 1. The number of ether oxygens (including phenoxy) is 1. The normalized spacial score (nSPS) is 15.3. The second-order valence-corrected chi connectivity index (χ2v) is 7.03. The van der Waals surface area contributed by atoms with Gasteiger partial charge in [-0.05, 0) is 25.8 Å². The molecule has 0 unspecified atom stereocenters. The average Bonchev–Trinajstić information content (AvgIpc) is 3.14. The zero-order valence-corrected chi connectivity index (χ0v) is 16.1. The SMILES string of the molecule is COCCn1ccnc1C1CCN(C(=O)CCn2c(C)cccc2=O)CC1. The lowest BCUT2D eigenvalue weighted by atomic mass is 9.95. The van der Waals surface area contributed by atoms with Crippen molar-refractivity contribution in [3.8, 4) is 0 Å². The van der Waals surface area contributed by atoms with Crippen LogP contribution in [0, 0.1) is 6.92 Å². The Bertz CT molecular complexity index is 819. The van der Waals surface area contributed by atoms with Crippen LogP contribution < -0.4 is 5.56 Å². The maximum atomic E-state index is 12.6. The number of carbonyl (C=O) groups is 1. The summed E-state index contributed by atoms with van der Waals surface area (Å²) in [5.41, 5.74) is 0.835. The first-order chi connectivity index (χ1) is 13.1. The van der Waals surface area contributed by atoms with E-state index in [1.807, 2.05) is 30.3 Å². The van der Waals surface area contributed by atoms with E-state index >= 15 is 0 Å². The van der Waals surface area contributed by atoms with Gasteiger partial charge in [0.1, 0.15) is 5.82 Å². The number of pyridine rings is 1. The number of aryl methyl sites for hydroxylation is 1. The van der Waals surface area contributed by atoms with Crippen molar-refractivity contribution in [2.24, 2.45) is 0 Å². The van der Waals surface area contributed by atoms with E-state index in [1.54, 1.807) is 17.7 Å². The predicted octanol–water partition coefficient (Wildman–Crippen LogP) is 1.80. The number of piperidine rings is 1. The number of aromatic nitrogens is 3. The quantitative estimate of drug-likeness (QED) is 0.743. The largest absolute Gasteiger partial charge is 0.383 e. The van der Waals surface area contributed by atoms with Crippen LogP contribution in [0.25, 0.3) is 0 Å². The van der Waals surface area contributed by atoms with Crippen LogP contribution in [0.5, 0.6) is 0 Å². The fourth-order valence-corrected chi connectivity index (χ4v) is 3.72. The predicted molar refractivity (Wildman–Crippen MR) is 103 cm³/mol. The standard InChI is InChI=1S/C20H28N4O3/c1-16-4-3-5-19(26)24(16)12-8-18(25)22-10-6-17(7-11-22)20-21-9-13-23(20)14-15-27-2/h3-5,9,13,17H,6-8,10-12,14-15H2,1-2H3. The van der Waals surface area contributed by atoms with Gasteiger partial charge in [-0.2, -0.15) is 0 Å². The molecule has 1 amide bonds. The average molecular weight is 372 g/mol. The zero-order valence-electron chi connectivity index (χ0n) is 16.1. The first kappa shape index (κ1) is 19.4. The van der Waals surface area contributed by atoms with Crippen molar-refractivity contribution in [1.29, 1.82) is 0 Å². The summed E-state index contributed by atoms with van der Waals surface area (Å²) in [7, 11) is 1.70. The molecule has 0 saturated carbocycles. The molecule has 3 rings (SSSR count). The number of rotatable bonds is 7. The molecule has 2 aromatic heterocycles. The van der Waals surface area contributed by atoms with Gasteiger partial charge in [-0.25, -0.2) is 4.98 Å². The number of hydrogen-bond acceptors (Lipinski definition) is 4. The first-order valence-electron chi connectivity index (χ1n) is 9.54. The van der Waals surface area contributed by atoms with Crippen LogP contribution in [0.2, 0.25) is 0 Å². The molecule has 3 heterocycles. The van der Waals surface area contributed by atoms with E-state index in [9.17, 15) is 9.59 Å². The minimum absolute atomic E-state index is 0.0515. The number of methoxy groups -OCH3 is 1. The Morgan fingerprint density at radius 1 is 1.26 bits per heavy atom.